The Morgan fingerprint density at radius 2 is 1.11 bits per heavy atom. The summed E-state index contributed by atoms with van der Waals surface area (Å²) in [4.78, 5) is 19.9. The van der Waals surface area contributed by atoms with E-state index >= 15 is 4.79 Å². The molecule has 57 heavy (non-hydrogen) atoms. The first-order valence-electron chi connectivity index (χ1n) is 21.0. The smallest absolute Gasteiger partial charge is 0.175 e. The second kappa shape index (κ2) is 17.5. The van der Waals surface area contributed by atoms with Crippen molar-refractivity contribution in [3.05, 3.63) is 119 Å². The van der Waals surface area contributed by atoms with Gasteiger partial charge in [0.1, 0.15) is 11.8 Å². The number of Topliss-reactive ketones (excluding diaryl/α,β-unsaturated/α-hetero) is 1. The second-order valence-corrected chi connectivity index (χ2v) is 15.5. The van der Waals surface area contributed by atoms with Gasteiger partial charge in [-0.05, 0) is 93.9 Å². The van der Waals surface area contributed by atoms with Gasteiger partial charge in [0.25, 0.3) is 0 Å². The fraction of sp³-hybridized carbons (Fsp3) is 0.333. The summed E-state index contributed by atoms with van der Waals surface area (Å²) in [7, 11) is 0. The van der Waals surface area contributed by atoms with E-state index in [1.54, 1.807) is 6.07 Å². The van der Waals surface area contributed by atoms with E-state index in [0.29, 0.717) is 11.1 Å². The van der Waals surface area contributed by atoms with E-state index in [9.17, 15) is 15.8 Å². The van der Waals surface area contributed by atoms with Crippen LogP contribution in [0.25, 0.3) is 54.1 Å². The number of anilines is 2. The molecule has 6 nitrogen and oxygen atoms in total. The quantitative estimate of drug-likeness (QED) is 0.0569. The molecule has 0 heterocycles. The minimum absolute atomic E-state index is 0.0194. The van der Waals surface area contributed by atoms with E-state index in [2.05, 4.69) is 98.0 Å². The number of benzene rings is 6. The summed E-state index contributed by atoms with van der Waals surface area (Å²) in [5, 5.41) is 41.0. The molecule has 1 unspecified atom stereocenters. The Hall–Kier alpha value is -5.89. The van der Waals surface area contributed by atoms with E-state index in [0.717, 1.165) is 138 Å². The molecule has 0 aliphatic heterocycles. The molecule has 6 heteroatoms. The topological polar surface area (TPSA) is 89.9 Å². The molecule has 1 N–H and O–H groups in total. The Labute approximate surface area is 337 Å². The highest BCUT2D eigenvalue weighted by molar-refractivity contribution is 6.38. The monoisotopic (exact) mass is 753 g/mol. The lowest BCUT2D eigenvalue weighted by atomic mass is 9.66. The highest BCUT2D eigenvalue weighted by atomic mass is 16.3. The molecular formula is C51H53N4O2-. The van der Waals surface area contributed by atoms with Crippen molar-refractivity contribution in [2.24, 2.45) is 0 Å². The summed E-state index contributed by atoms with van der Waals surface area (Å²) in [5.74, 6) is 1.09. The van der Waals surface area contributed by atoms with Crippen LogP contribution in [0.15, 0.2) is 102 Å². The van der Waals surface area contributed by atoms with Crippen molar-refractivity contribution >= 4 is 71.7 Å². The molecule has 6 aromatic rings. The maximum atomic E-state index is 15.1. The number of unbranched alkanes of at least 4 members (excludes halogenated alkanes) is 4. The van der Waals surface area contributed by atoms with Crippen LogP contribution in [0.4, 0.5) is 11.4 Å². The van der Waals surface area contributed by atoms with Gasteiger partial charge in [0.2, 0.25) is 0 Å². The van der Waals surface area contributed by atoms with Gasteiger partial charge in [0, 0.05) is 71.1 Å². The average molecular weight is 754 g/mol. The summed E-state index contributed by atoms with van der Waals surface area (Å²) >= 11 is 0. The number of nitrogens with zero attached hydrogens (tertiary/aromatic N) is 4. The van der Waals surface area contributed by atoms with Crippen LogP contribution in [0, 0.1) is 11.3 Å². The number of carbonyl (C=O) groups is 1. The summed E-state index contributed by atoms with van der Waals surface area (Å²) in [6.45, 7) is 12.4. The molecule has 0 bridgehead atoms. The number of hydrogen-bond donors (Lipinski definition) is 1. The van der Waals surface area contributed by atoms with Gasteiger partial charge in [-0.1, -0.05) is 108 Å². The van der Waals surface area contributed by atoms with Crippen molar-refractivity contribution in [3.8, 4) is 11.8 Å². The van der Waals surface area contributed by atoms with Crippen molar-refractivity contribution < 1.29 is 9.90 Å². The van der Waals surface area contributed by atoms with Gasteiger partial charge in [-0.2, -0.15) is 5.26 Å². The number of phenolic OH excluding ortho intramolecular Hbond substituents is 1. The number of hydrogen-bond acceptors (Lipinski definition) is 5. The first-order chi connectivity index (χ1) is 27.9. The van der Waals surface area contributed by atoms with Crippen molar-refractivity contribution in [1.82, 2.24) is 0 Å². The van der Waals surface area contributed by atoms with Gasteiger partial charge < -0.3 is 20.3 Å². The average Bonchev–Trinajstić information content (AvgIpc) is 3.23. The fourth-order valence-corrected chi connectivity index (χ4v) is 8.71. The molecule has 0 aromatic heterocycles. The zero-order chi connectivity index (χ0) is 40.1. The number of nitriles is 1. The van der Waals surface area contributed by atoms with Crippen LogP contribution in [0.2, 0.25) is 0 Å². The van der Waals surface area contributed by atoms with E-state index in [1.807, 2.05) is 36.4 Å². The number of rotatable bonds is 17. The van der Waals surface area contributed by atoms with Gasteiger partial charge in [-0.3, -0.25) is 10.7 Å². The van der Waals surface area contributed by atoms with E-state index in [1.165, 1.54) is 0 Å². The molecule has 0 fully saturated rings. The zero-order valence-corrected chi connectivity index (χ0v) is 33.9. The molecule has 0 saturated heterocycles. The maximum absolute atomic E-state index is 15.1. The van der Waals surface area contributed by atoms with Crippen molar-refractivity contribution in [2.75, 3.05) is 36.0 Å². The molecule has 7 rings (SSSR count). The van der Waals surface area contributed by atoms with Crippen LogP contribution in [-0.4, -0.2) is 42.9 Å². The van der Waals surface area contributed by atoms with Crippen LogP contribution < -0.4 is 9.80 Å². The third kappa shape index (κ3) is 7.41. The summed E-state index contributed by atoms with van der Waals surface area (Å²) < 4.78 is 0. The van der Waals surface area contributed by atoms with Crippen molar-refractivity contribution in [1.29, 1.82) is 5.26 Å². The fourth-order valence-electron chi connectivity index (χ4n) is 8.71. The number of phenols is 1. The normalized spacial score (nSPS) is 13.9. The SMILES string of the molecule is CCCCN(CCCC)c1ccc(C2C(=O)C(c3c(O)cc(N(CCCC)CCCC)c4cc5ccccc5cc34)=C2C(=C=[N-])C#N)c2cc3ccccc3cc12. The Kier molecular flexibility index (Phi) is 12.1. The number of fused-ring (bicyclic) bond motifs is 4. The number of ketones is 1. The summed E-state index contributed by atoms with van der Waals surface area (Å²) in [6, 6.07) is 33.2. The van der Waals surface area contributed by atoms with E-state index in [4.69, 9.17) is 0 Å². The minimum Gasteiger partial charge on any atom is -0.762 e. The largest absolute Gasteiger partial charge is 0.762 e. The van der Waals surface area contributed by atoms with Gasteiger partial charge in [-0.25, -0.2) is 0 Å². The summed E-state index contributed by atoms with van der Waals surface area (Å²) in [6.07, 6.45) is 8.42. The van der Waals surface area contributed by atoms with Gasteiger partial charge in [0.05, 0.1) is 11.5 Å². The molecule has 0 spiro atoms. The van der Waals surface area contributed by atoms with E-state index in [-0.39, 0.29) is 22.7 Å². The van der Waals surface area contributed by atoms with Crippen LogP contribution in [0.3, 0.4) is 0 Å². The lowest BCUT2D eigenvalue weighted by Crippen LogP contribution is -2.31. The van der Waals surface area contributed by atoms with Crippen LogP contribution in [0.1, 0.15) is 96.1 Å². The van der Waals surface area contributed by atoms with Gasteiger partial charge in [-0.15, -0.1) is 0 Å². The number of allylic oxidation sites excluding steroid dienone is 3. The molecule has 1 atom stereocenters. The van der Waals surface area contributed by atoms with E-state index < -0.39 is 5.92 Å². The highest BCUT2D eigenvalue weighted by Crippen LogP contribution is 2.54. The van der Waals surface area contributed by atoms with Crippen LogP contribution in [0.5, 0.6) is 5.75 Å². The van der Waals surface area contributed by atoms with Crippen LogP contribution >= 0.6 is 0 Å². The molecule has 0 radical (unpaired) electrons. The molecular weight excluding hydrogens is 701 g/mol. The Balaban J connectivity index is 1.49. The standard InChI is InChI=1S/C51H53N4O2/c1-5-9-23-54(24-10-6-2)44-22-21-39(40-27-34-17-13-14-18-35(34)28-41(40)44)49-47(38(32-52)33-53)50(51(49)57)48-43-30-37-20-16-15-19-36(37)29-42(43)45(31-46(48)56)55(25-11-7-3)26-12-8-4/h13-22,27-31,49,56H,5-12,23-26H2,1-4H3/q-1. The lowest BCUT2D eigenvalue weighted by molar-refractivity contribution is -0.115. The Morgan fingerprint density at radius 3 is 1.58 bits per heavy atom. The zero-order valence-electron chi connectivity index (χ0n) is 33.9. The van der Waals surface area contributed by atoms with Crippen molar-refractivity contribution in [3.63, 3.8) is 0 Å². The lowest BCUT2D eigenvalue weighted by Gasteiger charge is -2.35. The molecule has 6 aromatic carbocycles. The molecule has 290 valence electrons. The second-order valence-electron chi connectivity index (χ2n) is 15.5. The first-order valence-corrected chi connectivity index (χ1v) is 21.0. The molecule has 1 aliphatic carbocycles. The van der Waals surface area contributed by atoms with Crippen LogP contribution in [-0.2, 0) is 4.79 Å². The predicted molar refractivity (Wildman–Crippen MR) is 241 cm³/mol. The first kappa shape index (κ1) is 39.3. The third-order valence-electron chi connectivity index (χ3n) is 11.8. The minimum atomic E-state index is -0.841. The summed E-state index contributed by atoms with van der Waals surface area (Å²) in [5.41, 5.74) is 3.75. The molecule has 0 amide bonds. The number of aromatic hydroxyl groups is 1. The number of carbonyl (C=O) groups excluding carboxylic acids is 1. The van der Waals surface area contributed by atoms with Gasteiger partial charge >= 0.3 is 0 Å². The van der Waals surface area contributed by atoms with Gasteiger partial charge in [0.15, 0.2) is 5.78 Å². The predicted octanol–water partition coefficient (Wildman–Crippen LogP) is 12.6. The Bertz CT molecular complexity index is 2590. The highest BCUT2D eigenvalue weighted by Gasteiger charge is 2.45. The maximum Gasteiger partial charge on any atom is 0.175 e. The third-order valence-corrected chi connectivity index (χ3v) is 11.8. The Morgan fingerprint density at radius 1 is 0.649 bits per heavy atom. The molecule has 1 aliphatic rings. The van der Waals surface area contributed by atoms with Crippen molar-refractivity contribution in [2.45, 2.75) is 85.0 Å². The molecule has 0 saturated carbocycles.